The Morgan fingerprint density at radius 1 is 1.50 bits per heavy atom. The molecule has 108 valence electrons. The van der Waals surface area contributed by atoms with Gasteiger partial charge in [-0.15, -0.1) is 0 Å². The summed E-state index contributed by atoms with van der Waals surface area (Å²) >= 11 is 0. The number of anilines is 1. The van der Waals surface area contributed by atoms with Gasteiger partial charge in [0.25, 0.3) is 5.91 Å². The molecular weight excluding hydrogens is 258 g/mol. The van der Waals surface area contributed by atoms with Crippen molar-refractivity contribution in [2.45, 2.75) is 32.2 Å². The lowest BCUT2D eigenvalue weighted by Crippen LogP contribution is -2.38. The number of carbonyl (C=O) groups excluding carboxylic acids is 2. The number of aromatic nitrogens is 2. The van der Waals surface area contributed by atoms with E-state index >= 15 is 0 Å². The van der Waals surface area contributed by atoms with E-state index in [-0.39, 0.29) is 23.6 Å². The highest BCUT2D eigenvalue weighted by molar-refractivity contribution is 5.92. The van der Waals surface area contributed by atoms with Crippen LogP contribution in [0.15, 0.2) is 12.4 Å². The highest BCUT2D eigenvalue weighted by Crippen LogP contribution is 2.06. The van der Waals surface area contributed by atoms with E-state index in [0.29, 0.717) is 18.8 Å². The van der Waals surface area contributed by atoms with Crippen LogP contribution in [0.5, 0.6) is 0 Å². The van der Waals surface area contributed by atoms with Crippen LogP contribution in [-0.2, 0) is 4.79 Å². The van der Waals surface area contributed by atoms with Crippen molar-refractivity contribution >= 4 is 17.6 Å². The summed E-state index contributed by atoms with van der Waals surface area (Å²) in [6, 6.07) is 0.0146. The van der Waals surface area contributed by atoms with Crippen LogP contribution in [0.25, 0.3) is 0 Å². The monoisotopic (exact) mass is 277 g/mol. The van der Waals surface area contributed by atoms with Gasteiger partial charge >= 0.3 is 0 Å². The number of carbonyl (C=O) groups is 2. The molecule has 0 spiro atoms. The van der Waals surface area contributed by atoms with Crippen LogP contribution in [0.2, 0.25) is 0 Å². The normalized spacial score (nSPS) is 17.6. The molecule has 0 aliphatic carbocycles. The van der Waals surface area contributed by atoms with Gasteiger partial charge in [0, 0.05) is 25.6 Å². The van der Waals surface area contributed by atoms with E-state index in [4.69, 9.17) is 0 Å². The summed E-state index contributed by atoms with van der Waals surface area (Å²) in [7, 11) is 0. The summed E-state index contributed by atoms with van der Waals surface area (Å²) in [5.74, 6) is 0.349. The predicted octanol–water partition coefficient (Wildman–Crippen LogP) is 0.307. The second-order valence-corrected chi connectivity index (χ2v) is 4.73. The molecule has 7 nitrogen and oxygen atoms in total. The molecule has 1 atom stereocenters. The summed E-state index contributed by atoms with van der Waals surface area (Å²) in [4.78, 5) is 31.2. The zero-order valence-corrected chi connectivity index (χ0v) is 11.5. The minimum atomic E-state index is -0.279. The Hall–Kier alpha value is -2.18. The summed E-state index contributed by atoms with van der Waals surface area (Å²) in [6.07, 6.45) is 5.27. The van der Waals surface area contributed by atoms with Crippen LogP contribution in [0.4, 0.5) is 5.82 Å². The van der Waals surface area contributed by atoms with E-state index < -0.39 is 0 Å². The predicted molar refractivity (Wildman–Crippen MR) is 74.3 cm³/mol. The molecule has 1 aromatic heterocycles. The van der Waals surface area contributed by atoms with E-state index in [1.165, 1.54) is 6.20 Å². The number of nitrogens with one attached hydrogen (secondary N) is 3. The second-order valence-electron chi connectivity index (χ2n) is 4.73. The van der Waals surface area contributed by atoms with Crippen molar-refractivity contribution in [3.05, 3.63) is 18.1 Å². The Bertz CT molecular complexity index is 491. The Labute approximate surface area is 117 Å². The summed E-state index contributed by atoms with van der Waals surface area (Å²) in [5.41, 5.74) is 0.274. The van der Waals surface area contributed by atoms with Crippen molar-refractivity contribution in [2.24, 2.45) is 0 Å². The molecule has 1 unspecified atom stereocenters. The van der Waals surface area contributed by atoms with Gasteiger partial charge in [-0.3, -0.25) is 14.6 Å². The zero-order chi connectivity index (χ0) is 14.4. The molecule has 0 saturated carbocycles. The summed E-state index contributed by atoms with van der Waals surface area (Å²) < 4.78 is 0. The van der Waals surface area contributed by atoms with Crippen LogP contribution in [0, 0.1) is 0 Å². The summed E-state index contributed by atoms with van der Waals surface area (Å²) in [5, 5.41) is 8.64. The molecular formula is C13H19N5O2. The Balaban J connectivity index is 1.86. The van der Waals surface area contributed by atoms with Crippen LogP contribution in [0.3, 0.4) is 0 Å². The van der Waals surface area contributed by atoms with Crippen molar-refractivity contribution in [1.82, 2.24) is 20.6 Å². The number of nitrogens with zero attached hydrogens (tertiary/aromatic N) is 2. The topological polar surface area (TPSA) is 96.0 Å². The van der Waals surface area contributed by atoms with Gasteiger partial charge in [-0.2, -0.15) is 0 Å². The van der Waals surface area contributed by atoms with E-state index in [9.17, 15) is 9.59 Å². The maximum Gasteiger partial charge on any atom is 0.271 e. The zero-order valence-electron chi connectivity index (χ0n) is 11.5. The van der Waals surface area contributed by atoms with Crippen LogP contribution in [-0.4, -0.2) is 40.9 Å². The Morgan fingerprint density at radius 2 is 2.35 bits per heavy atom. The molecule has 1 fully saturated rings. The van der Waals surface area contributed by atoms with Crippen molar-refractivity contribution in [2.75, 3.05) is 18.4 Å². The molecule has 1 aliphatic rings. The quantitative estimate of drug-likeness (QED) is 0.695. The Kier molecular flexibility index (Phi) is 4.86. The maximum absolute atomic E-state index is 12.0. The smallest absolute Gasteiger partial charge is 0.271 e. The molecule has 1 aromatic rings. The molecule has 2 amide bonds. The highest BCUT2D eigenvalue weighted by atomic mass is 16.2. The fourth-order valence-electron chi connectivity index (χ4n) is 1.95. The standard InChI is InChI=1S/C13H19N5O2/c1-2-5-15-11-8-14-7-10(18-11)13(20)16-6-9-3-4-12(19)17-9/h7-9H,2-6H2,1H3,(H,15,18)(H,16,20)(H,17,19). The molecule has 20 heavy (non-hydrogen) atoms. The van der Waals surface area contributed by atoms with E-state index in [1.807, 2.05) is 6.92 Å². The maximum atomic E-state index is 12.0. The van der Waals surface area contributed by atoms with Gasteiger partial charge in [-0.25, -0.2) is 4.98 Å². The minimum absolute atomic E-state index is 0.0146. The van der Waals surface area contributed by atoms with Crippen molar-refractivity contribution in [1.29, 1.82) is 0 Å². The largest absolute Gasteiger partial charge is 0.369 e. The number of hydrogen-bond donors (Lipinski definition) is 3. The average molecular weight is 277 g/mol. The first-order valence-electron chi connectivity index (χ1n) is 6.82. The summed E-state index contributed by atoms with van der Waals surface area (Å²) in [6.45, 7) is 3.25. The van der Waals surface area contributed by atoms with Gasteiger partial charge in [0.2, 0.25) is 5.91 Å². The van der Waals surface area contributed by atoms with Crippen LogP contribution in [0.1, 0.15) is 36.7 Å². The lowest BCUT2D eigenvalue weighted by molar-refractivity contribution is -0.119. The third kappa shape index (κ3) is 3.91. The van der Waals surface area contributed by atoms with Crippen LogP contribution >= 0.6 is 0 Å². The van der Waals surface area contributed by atoms with Gasteiger partial charge in [-0.05, 0) is 12.8 Å². The minimum Gasteiger partial charge on any atom is -0.369 e. The molecule has 2 heterocycles. The highest BCUT2D eigenvalue weighted by Gasteiger charge is 2.21. The molecule has 1 saturated heterocycles. The van der Waals surface area contributed by atoms with Gasteiger partial charge < -0.3 is 16.0 Å². The second kappa shape index (κ2) is 6.83. The fourth-order valence-corrected chi connectivity index (χ4v) is 1.95. The Morgan fingerprint density at radius 3 is 3.05 bits per heavy atom. The van der Waals surface area contributed by atoms with Gasteiger partial charge in [-0.1, -0.05) is 6.92 Å². The number of hydrogen-bond acceptors (Lipinski definition) is 5. The SMILES string of the molecule is CCCNc1cncc(C(=O)NCC2CCC(=O)N2)n1. The van der Waals surface area contributed by atoms with Crippen molar-refractivity contribution < 1.29 is 9.59 Å². The first-order chi connectivity index (χ1) is 9.69. The van der Waals surface area contributed by atoms with E-state index in [2.05, 4.69) is 25.9 Å². The van der Waals surface area contributed by atoms with Crippen molar-refractivity contribution in [3.8, 4) is 0 Å². The fraction of sp³-hybridized carbons (Fsp3) is 0.538. The third-order valence-corrected chi connectivity index (χ3v) is 3.02. The lowest BCUT2D eigenvalue weighted by atomic mass is 10.2. The average Bonchev–Trinajstić information content (AvgIpc) is 2.88. The number of amides is 2. The van der Waals surface area contributed by atoms with Gasteiger partial charge in [0.15, 0.2) is 0 Å². The first kappa shape index (κ1) is 14.2. The van der Waals surface area contributed by atoms with Gasteiger partial charge in [0.1, 0.15) is 11.5 Å². The van der Waals surface area contributed by atoms with E-state index in [1.54, 1.807) is 6.20 Å². The van der Waals surface area contributed by atoms with Gasteiger partial charge in [0.05, 0.1) is 12.4 Å². The van der Waals surface area contributed by atoms with Crippen LogP contribution < -0.4 is 16.0 Å². The lowest BCUT2D eigenvalue weighted by Gasteiger charge is -2.11. The molecule has 7 heteroatoms. The molecule has 1 aliphatic heterocycles. The van der Waals surface area contributed by atoms with E-state index in [0.717, 1.165) is 19.4 Å². The number of rotatable bonds is 6. The molecule has 0 aromatic carbocycles. The van der Waals surface area contributed by atoms with Crippen molar-refractivity contribution in [3.63, 3.8) is 0 Å². The molecule has 0 radical (unpaired) electrons. The molecule has 2 rings (SSSR count). The first-order valence-corrected chi connectivity index (χ1v) is 6.82. The molecule has 3 N–H and O–H groups in total. The molecule has 0 bridgehead atoms. The third-order valence-electron chi connectivity index (χ3n) is 3.02.